The second kappa shape index (κ2) is 6.99. The second-order valence-corrected chi connectivity index (χ2v) is 6.20. The molecule has 2 aromatic carbocycles. The van der Waals surface area contributed by atoms with Crippen molar-refractivity contribution in [2.24, 2.45) is 0 Å². The van der Waals surface area contributed by atoms with Gasteiger partial charge >= 0.3 is 0 Å². The van der Waals surface area contributed by atoms with E-state index in [-0.39, 0.29) is 17.8 Å². The molecule has 8 heteroatoms. The lowest BCUT2D eigenvalue weighted by Crippen LogP contribution is -2.35. The van der Waals surface area contributed by atoms with E-state index in [0.29, 0.717) is 34.7 Å². The lowest BCUT2D eigenvalue weighted by molar-refractivity contribution is 0.0936. The minimum absolute atomic E-state index is 0.130. The molecule has 0 saturated carbocycles. The van der Waals surface area contributed by atoms with Crippen molar-refractivity contribution in [3.05, 3.63) is 66.5 Å². The molecule has 0 aliphatic heterocycles. The first-order valence-corrected chi connectivity index (χ1v) is 8.38. The summed E-state index contributed by atoms with van der Waals surface area (Å²) in [6, 6.07) is 10.9. The van der Waals surface area contributed by atoms with Crippen molar-refractivity contribution >= 4 is 17.0 Å². The van der Waals surface area contributed by atoms with Gasteiger partial charge in [-0.15, -0.1) is 0 Å². The second-order valence-electron chi connectivity index (χ2n) is 6.20. The highest BCUT2D eigenvalue weighted by molar-refractivity contribution is 5.97. The monoisotopic (exact) mass is 365 g/mol. The van der Waals surface area contributed by atoms with Crippen LogP contribution in [0.4, 0.5) is 4.39 Å². The lowest BCUT2D eigenvalue weighted by Gasteiger charge is -2.13. The first-order chi connectivity index (χ1) is 13.1. The summed E-state index contributed by atoms with van der Waals surface area (Å²) in [5.74, 6) is -0.280. The van der Waals surface area contributed by atoms with Crippen molar-refractivity contribution < 1.29 is 13.6 Å². The van der Waals surface area contributed by atoms with Crippen LogP contribution in [0.25, 0.3) is 22.6 Å². The normalized spacial score (nSPS) is 12.2. The molecule has 0 saturated heterocycles. The van der Waals surface area contributed by atoms with Crippen LogP contribution in [0, 0.1) is 5.82 Å². The molecule has 2 heterocycles. The predicted octanol–water partition coefficient (Wildman–Crippen LogP) is 3.04. The molecule has 0 fully saturated rings. The predicted molar refractivity (Wildman–Crippen MR) is 96.4 cm³/mol. The Labute approximate surface area is 153 Å². The van der Waals surface area contributed by atoms with Crippen molar-refractivity contribution in [2.75, 3.05) is 0 Å². The highest BCUT2D eigenvalue weighted by Crippen LogP contribution is 2.25. The number of amides is 1. The zero-order valence-electron chi connectivity index (χ0n) is 14.5. The van der Waals surface area contributed by atoms with Gasteiger partial charge in [-0.1, -0.05) is 6.07 Å². The number of hydrogen-bond acceptors (Lipinski definition) is 5. The maximum atomic E-state index is 13.4. The van der Waals surface area contributed by atoms with Crippen molar-refractivity contribution in [1.29, 1.82) is 0 Å². The summed E-state index contributed by atoms with van der Waals surface area (Å²) in [4.78, 5) is 20.7. The number of carbonyl (C=O) groups excluding carboxylic acids is 1. The maximum absolute atomic E-state index is 13.4. The number of nitrogens with zero attached hydrogens (tertiary/aromatic N) is 4. The van der Waals surface area contributed by atoms with Crippen LogP contribution in [0.2, 0.25) is 0 Å². The summed E-state index contributed by atoms with van der Waals surface area (Å²) in [7, 11) is 0. The minimum atomic E-state index is -0.365. The first-order valence-electron chi connectivity index (χ1n) is 8.38. The molecule has 4 aromatic rings. The molecule has 0 radical (unpaired) electrons. The Balaban J connectivity index is 1.53. The van der Waals surface area contributed by atoms with Crippen LogP contribution < -0.4 is 5.32 Å². The molecule has 1 atom stereocenters. The smallest absolute Gasteiger partial charge is 0.251 e. The van der Waals surface area contributed by atoms with Crippen molar-refractivity contribution in [1.82, 2.24) is 25.1 Å². The highest BCUT2D eigenvalue weighted by Gasteiger charge is 2.14. The molecule has 0 unspecified atom stereocenters. The Morgan fingerprint density at radius 2 is 2.19 bits per heavy atom. The fourth-order valence-electron chi connectivity index (χ4n) is 2.77. The lowest BCUT2D eigenvalue weighted by atomic mass is 10.2. The van der Waals surface area contributed by atoms with Gasteiger partial charge in [-0.05, 0) is 43.3 Å². The molecule has 0 spiro atoms. The third-order valence-corrected chi connectivity index (χ3v) is 4.03. The summed E-state index contributed by atoms with van der Waals surface area (Å²) in [6.07, 6.45) is 3.04. The van der Waals surface area contributed by atoms with Crippen LogP contribution >= 0.6 is 0 Å². The largest absolute Gasteiger partial charge is 0.436 e. The third-order valence-electron chi connectivity index (χ3n) is 4.03. The summed E-state index contributed by atoms with van der Waals surface area (Å²) in [6.45, 7) is 2.40. The fourth-order valence-corrected chi connectivity index (χ4v) is 2.77. The topological polar surface area (TPSA) is 85.8 Å². The fraction of sp³-hybridized carbons (Fsp3) is 0.158. The van der Waals surface area contributed by atoms with Gasteiger partial charge in [0.25, 0.3) is 5.91 Å². The van der Waals surface area contributed by atoms with E-state index in [0.717, 1.165) is 0 Å². The van der Waals surface area contributed by atoms with Gasteiger partial charge in [0.1, 0.15) is 24.0 Å². The van der Waals surface area contributed by atoms with Gasteiger partial charge in [-0.25, -0.2) is 14.4 Å². The van der Waals surface area contributed by atoms with E-state index >= 15 is 0 Å². The zero-order chi connectivity index (χ0) is 18.8. The van der Waals surface area contributed by atoms with Crippen LogP contribution in [0.1, 0.15) is 17.3 Å². The molecule has 0 aliphatic rings. The zero-order valence-corrected chi connectivity index (χ0v) is 14.5. The van der Waals surface area contributed by atoms with E-state index in [9.17, 15) is 9.18 Å². The SMILES string of the molecule is C[C@@H](Cn1cncn1)NC(=O)c1ccc2oc(-c3cccc(F)c3)nc2c1. The number of aromatic nitrogens is 4. The molecule has 27 heavy (non-hydrogen) atoms. The molecule has 0 aliphatic carbocycles. The average Bonchev–Trinajstić information content (AvgIpc) is 3.30. The van der Waals surface area contributed by atoms with Crippen molar-refractivity contribution in [3.8, 4) is 11.5 Å². The molecule has 1 amide bonds. The molecular formula is C19H16FN5O2. The summed E-state index contributed by atoms with van der Waals surface area (Å²) >= 11 is 0. The van der Waals surface area contributed by atoms with Gasteiger partial charge in [0.2, 0.25) is 5.89 Å². The van der Waals surface area contributed by atoms with Gasteiger partial charge in [0.15, 0.2) is 5.58 Å². The Kier molecular flexibility index (Phi) is 4.37. The van der Waals surface area contributed by atoms with Gasteiger partial charge in [0, 0.05) is 17.2 Å². The van der Waals surface area contributed by atoms with Crippen LogP contribution in [-0.4, -0.2) is 31.7 Å². The van der Waals surface area contributed by atoms with Crippen molar-refractivity contribution in [2.45, 2.75) is 19.5 Å². The van der Waals surface area contributed by atoms with E-state index in [1.807, 2.05) is 6.92 Å². The molecular weight excluding hydrogens is 349 g/mol. The number of oxazole rings is 1. The minimum Gasteiger partial charge on any atom is -0.436 e. The third kappa shape index (κ3) is 3.69. The highest BCUT2D eigenvalue weighted by atomic mass is 19.1. The number of halogens is 1. The van der Waals surface area contributed by atoms with Gasteiger partial charge < -0.3 is 9.73 Å². The summed E-state index contributed by atoms with van der Waals surface area (Å²) in [5.41, 5.74) is 2.07. The molecule has 4 rings (SSSR count). The van der Waals surface area contributed by atoms with E-state index in [2.05, 4.69) is 20.4 Å². The number of nitrogens with one attached hydrogen (secondary N) is 1. The summed E-state index contributed by atoms with van der Waals surface area (Å²) < 4.78 is 20.7. The number of rotatable bonds is 5. The summed E-state index contributed by atoms with van der Waals surface area (Å²) in [5, 5.41) is 6.93. The average molecular weight is 365 g/mol. The van der Waals surface area contributed by atoms with Crippen LogP contribution in [0.15, 0.2) is 59.5 Å². The number of carbonyl (C=O) groups is 1. The molecule has 136 valence electrons. The van der Waals surface area contributed by atoms with Crippen LogP contribution in [-0.2, 0) is 6.54 Å². The van der Waals surface area contributed by atoms with E-state index in [1.165, 1.54) is 18.5 Å². The molecule has 0 bridgehead atoms. The Hall–Kier alpha value is -3.55. The number of hydrogen-bond donors (Lipinski definition) is 1. The standard InChI is InChI=1S/C19H16FN5O2/c1-12(9-25-11-21-10-22-25)23-18(26)13-5-6-17-16(8-13)24-19(27-17)14-3-2-4-15(20)7-14/h2-8,10-12H,9H2,1H3,(H,23,26)/t12-/m0/s1. The van der Waals surface area contributed by atoms with Crippen LogP contribution in [0.5, 0.6) is 0 Å². The van der Waals surface area contributed by atoms with Gasteiger partial charge in [-0.2, -0.15) is 5.10 Å². The maximum Gasteiger partial charge on any atom is 0.251 e. The van der Waals surface area contributed by atoms with Crippen LogP contribution in [0.3, 0.4) is 0 Å². The first kappa shape index (κ1) is 16.9. The number of benzene rings is 2. The van der Waals surface area contributed by atoms with E-state index < -0.39 is 0 Å². The van der Waals surface area contributed by atoms with Gasteiger partial charge in [0.05, 0.1) is 6.54 Å². The Morgan fingerprint density at radius 1 is 1.30 bits per heavy atom. The Bertz CT molecular complexity index is 1090. The van der Waals surface area contributed by atoms with E-state index in [4.69, 9.17) is 4.42 Å². The number of fused-ring (bicyclic) bond motifs is 1. The molecule has 7 nitrogen and oxygen atoms in total. The van der Waals surface area contributed by atoms with Crippen molar-refractivity contribution in [3.63, 3.8) is 0 Å². The van der Waals surface area contributed by atoms with E-state index in [1.54, 1.807) is 41.3 Å². The quantitative estimate of drug-likeness (QED) is 0.587. The molecule has 2 aromatic heterocycles. The van der Waals surface area contributed by atoms with Gasteiger partial charge in [-0.3, -0.25) is 9.48 Å². The Morgan fingerprint density at radius 3 is 2.96 bits per heavy atom. The molecule has 1 N–H and O–H groups in total.